The number of nitrogens with two attached hydrogens (primary N) is 1. The van der Waals surface area contributed by atoms with E-state index in [-0.39, 0.29) is 17.0 Å². The number of rotatable bonds is 4. The summed E-state index contributed by atoms with van der Waals surface area (Å²) in [5.41, 5.74) is 8.69. The van der Waals surface area contributed by atoms with E-state index in [1.165, 1.54) is 11.8 Å². The molecule has 1 aliphatic rings. The number of hydrogen-bond donors (Lipinski definition) is 2. The molecular formula is C16H20N2O3S. The molecule has 1 heterocycles. The Labute approximate surface area is 134 Å². The van der Waals surface area contributed by atoms with Crippen LogP contribution < -0.4 is 5.73 Å². The summed E-state index contributed by atoms with van der Waals surface area (Å²) in [6, 6.07) is 5.35. The van der Waals surface area contributed by atoms with Gasteiger partial charge in [-0.05, 0) is 37.5 Å². The average molecular weight is 320 g/mol. The Morgan fingerprint density at radius 1 is 1.45 bits per heavy atom. The number of aryl methyl sites for hydroxylation is 1. The maximum atomic E-state index is 12.3. The van der Waals surface area contributed by atoms with Gasteiger partial charge in [0.2, 0.25) is 0 Å². The van der Waals surface area contributed by atoms with Gasteiger partial charge in [0.1, 0.15) is 5.75 Å². The molecule has 0 saturated carbocycles. The number of allylic oxidation sites excluding steroid dienone is 1. The van der Waals surface area contributed by atoms with Gasteiger partial charge < -0.3 is 15.6 Å². The van der Waals surface area contributed by atoms with Crippen molar-refractivity contribution in [2.45, 2.75) is 32.4 Å². The first-order valence-electron chi connectivity index (χ1n) is 7.18. The van der Waals surface area contributed by atoms with Crippen LogP contribution in [0.3, 0.4) is 0 Å². The predicted octanol–water partition coefficient (Wildman–Crippen LogP) is 2.89. The van der Waals surface area contributed by atoms with E-state index in [0.717, 1.165) is 11.1 Å². The molecule has 0 spiro atoms. The van der Waals surface area contributed by atoms with Crippen LogP contribution in [0.2, 0.25) is 0 Å². The molecule has 0 radical (unpaired) electrons. The van der Waals surface area contributed by atoms with E-state index in [9.17, 15) is 9.90 Å². The summed E-state index contributed by atoms with van der Waals surface area (Å²) < 4.78 is 5.15. The van der Waals surface area contributed by atoms with Gasteiger partial charge in [-0.25, -0.2) is 9.79 Å². The standard InChI is InChI=1S/C16H20N2O3S/c1-4-10-8-11(6-7-12(10)19)14-13(15(20)21-5-2)9(3)18-16(17)22-14/h6-8,14,19H,4-5H2,1-3H3,(H2,17,18). The molecule has 6 heteroatoms. The van der Waals surface area contributed by atoms with Gasteiger partial charge in [-0.2, -0.15) is 0 Å². The van der Waals surface area contributed by atoms with Crippen LogP contribution in [-0.2, 0) is 16.0 Å². The first kappa shape index (κ1) is 16.4. The number of carbonyl (C=O) groups excluding carboxylic acids is 1. The second-order valence-corrected chi connectivity index (χ2v) is 6.03. The molecule has 0 fully saturated rings. The highest BCUT2D eigenvalue weighted by molar-refractivity contribution is 8.14. The summed E-state index contributed by atoms with van der Waals surface area (Å²) in [4.78, 5) is 16.5. The zero-order valence-electron chi connectivity index (χ0n) is 12.9. The minimum atomic E-state index is -0.375. The highest BCUT2D eigenvalue weighted by Gasteiger charge is 2.31. The molecule has 0 bridgehead atoms. The fourth-order valence-corrected chi connectivity index (χ4v) is 3.47. The first-order chi connectivity index (χ1) is 10.5. The van der Waals surface area contributed by atoms with Crippen molar-refractivity contribution in [3.63, 3.8) is 0 Å². The van der Waals surface area contributed by atoms with Gasteiger partial charge in [-0.15, -0.1) is 0 Å². The lowest BCUT2D eigenvalue weighted by atomic mass is 9.99. The number of thioether (sulfide) groups is 1. The lowest BCUT2D eigenvalue weighted by molar-refractivity contribution is -0.138. The maximum Gasteiger partial charge on any atom is 0.337 e. The van der Waals surface area contributed by atoms with Gasteiger partial charge >= 0.3 is 5.97 Å². The number of benzene rings is 1. The van der Waals surface area contributed by atoms with Crippen molar-refractivity contribution in [2.24, 2.45) is 10.7 Å². The molecule has 0 saturated heterocycles. The third kappa shape index (κ3) is 3.27. The highest BCUT2D eigenvalue weighted by atomic mass is 32.2. The van der Waals surface area contributed by atoms with Crippen molar-refractivity contribution in [3.8, 4) is 5.75 Å². The Bertz CT molecular complexity index is 653. The molecule has 1 aromatic rings. The Hall–Kier alpha value is -1.95. The van der Waals surface area contributed by atoms with E-state index in [0.29, 0.717) is 29.5 Å². The second kappa shape index (κ2) is 6.87. The normalized spacial score (nSPS) is 18.1. The summed E-state index contributed by atoms with van der Waals surface area (Å²) in [6.07, 6.45) is 0.706. The number of esters is 1. The quantitative estimate of drug-likeness (QED) is 0.833. The summed E-state index contributed by atoms with van der Waals surface area (Å²) in [6.45, 7) is 5.80. The lowest BCUT2D eigenvalue weighted by Gasteiger charge is -2.24. The molecule has 0 aromatic heterocycles. The molecule has 0 amide bonds. The number of aromatic hydroxyl groups is 1. The van der Waals surface area contributed by atoms with Crippen molar-refractivity contribution in [2.75, 3.05) is 6.61 Å². The molecule has 0 aliphatic carbocycles. The molecule has 1 aromatic carbocycles. The van der Waals surface area contributed by atoms with Crippen molar-refractivity contribution < 1.29 is 14.6 Å². The van der Waals surface area contributed by atoms with E-state index in [4.69, 9.17) is 10.5 Å². The van der Waals surface area contributed by atoms with Crippen LogP contribution in [0.1, 0.15) is 37.1 Å². The number of hydrogen-bond acceptors (Lipinski definition) is 6. The lowest BCUT2D eigenvalue weighted by Crippen LogP contribution is -2.22. The topological polar surface area (TPSA) is 84.9 Å². The minimum Gasteiger partial charge on any atom is -0.508 e. The SMILES string of the molecule is CCOC(=O)C1=C(C)N=C(N)SC1c1ccc(O)c(CC)c1. The fourth-order valence-electron chi connectivity index (χ4n) is 2.37. The van der Waals surface area contributed by atoms with Crippen LogP contribution in [0, 0.1) is 0 Å². The maximum absolute atomic E-state index is 12.3. The van der Waals surface area contributed by atoms with Crippen LogP contribution in [0.4, 0.5) is 0 Å². The summed E-state index contributed by atoms with van der Waals surface area (Å²) in [7, 11) is 0. The van der Waals surface area contributed by atoms with Crippen LogP contribution in [0.15, 0.2) is 34.5 Å². The van der Waals surface area contributed by atoms with E-state index >= 15 is 0 Å². The number of aliphatic imine (C=N–C) groups is 1. The van der Waals surface area contributed by atoms with E-state index in [1.807, 2.05) is 13.0 Å². The molecule has 1 aliphatic heterocycles. The molecule has 1 unspecified atom stereocenters. The van der Waals surface area contributed by atoms with Crippen molar-refractivity contribution in [1.29, 1.82) is 0 Å². The molecule has 3 N–H and O–H groups in total. The molecule has 5 nitrogen and oxygen atoms in total. The summed E-state index contributed by atoms with van der Waals surface area (Å²) >= 11 is 1.32. The number of nitrogens with zero attached hydrogens (tertiary/aromatic N) is 1. The highest BCUT2D eigenvalue weighted by Crippen LogP contribution is 2.42. The summed E-state index contributed by atoms with van der Waals surface area (Å²) in [5, 5.41) is 9.98. The average Bonchev–Trinajstić information content (AvgIpc) is 2.47. The zero-order chi connectivity index (χ0) is 16.3. The number of ether oxygens (including phenoxy) is 1. The number of phenolic OH excluding ortho intramolecular Hbond substituents is 1. The number of amidine groups is 1. The van der Waals surface area contributed by atoms with Gasteiger partial charge in [0, 0.05) is 0 Å². The molecule has 2 rings (SSSR count). The summed E-state index contributed by atoms with van der Waals surface area (Å²) in [5.74, 6) is -0.119. The van der Waals surface area contributed by atoms with Gasteiger partial charge in [0.15, 0.2) is 5.17 Å². The Kier molecular flexibility index (Phi) is 5.13. The van der Waals surface area contributed by atoms with Gasteiger partial charge in [0.25, 0.3) is 0 Å². The molecule has 118 valence electrons. The van der Waals surface area contributed by atoms with Crippen molar-refractivity contribution >= 4 is 22.9 Å². The number of phenols is 1. The minimum absolute atomic E-state index is 0.257. The molecule has 1 atom stereocenters. The monoisotopic (exact) mass is 320 g/mol. The van der Waals surface area contributed by atoms with Crippen LogP contribution in [-0.4, -0.2) is 22.9 Å². The van der Waals surface area contributed by atoms with Gasteiger partial charge in [0.05, 0.1) is 23.1 Å². The molecular weight excluding hydrogens is 300 g/mol. The Morgan fingerprint density at radius 2 is 2.18 bits per heavy atom. The number of carbonyl (C=O) groups is 1. The van der Waals surface area contributed by atoms with Crippen molar-refractivity contribution in [1.82, 2.24) is 0 Å². The Balaban J connectivity index is 2.48. The van der Waals surface area contributed by atoms with E-state index in [2.05, 4.69) is 4.99 Å². The largest absolute Gasteiger partial charge is 0.508 e. The zero-order valence-corrected chi connectivity index (χ0v) is 13.7. The van der Waals surface area contributed by atoms with E-state index in [1.54, 1.807) is 26.0 Å². The van der Waals surface area contributed by atoms with Crippen LogP contribution in [0.25, 0.3) is 0 Å². The van der Waals surface area contributed by atoms with Crippen LogP contribution in [0.5, 0.6) is 5.75 Å². The second-order valence-electron chi connectivity index (χ2n) is 4.91. The third-order valence-corrected chi connectivity index (χ3v) is 4.53. The van der Waals surface area contributed by atoms with Gasteiger partial charge in [-0.1, -0.05) is 30.8 Å². The smallest absolute Gasteiger partial charge is 0.337 e. The Morgan fingerprint density at radius 3 is 2.82 bits per heavy atom. The van der Waals surface area contributed by atoms with Crippen molar-refractivity contribution in [3.05, 3.63) is 40.6 Å². The third-order valence-electron chi connectivity index (χ3n) is 3.45. The molecule has 22 heavy (non-hydrogen) atoms. The van der Waals surface area contributed by atoms with Gasteiger partial charge in [-0.3, -0.25) is 0 Å². The first-order valence-corrected chi connectivity index (χ1v) is 8.06. The fraction of sp³-hybridized carbons (Fsp3) is 0.375. The van der Waals surface area contributed by atoms with Crippen LogP contribution >= 0.6 is 11.8 Å². The van der Waals surface area contributed by atoms with E-state index < -0.39 is 0 Å². The predicted molar refractivity (Wildman–Crippen MR) is 88.8 cm³/mol.